The Morgan fingerprint density at radius 3 is 0.622 bits per heavy atom. The zero-order valence-corrected chi connectivity index (χ0v) is 46.6. The number of aryl methyl sites for hydroxylation is 9. The minimum atomic E-state index is -1.87. The van der Waals surface area contributed by atoms with Gasteiger partial charge in [-0.3, -0.25) is 44.9 Å². The number of hydrogen-bond donors (Lipinski definition) is 0. The van der Waals surface area contributed by atoms with Gasteiger partial charge < -0.3 is 14.3 Å². The molecule has 0 spiro atoms. The van der Waals surface area contributed by atoms with Gasteiger partial charge in [-0.05, 0) is 167 Å². The van der Waals surface area contributed by atoms with Crippen molar-refractivity contribution in [3.8, 4) is 102 Å². The highest BCUT2D eigenvalue weighted by Crippen LogP contribution is 2.44. The highest BCUT2D eigenvalue weighted by Gasteiger charge is 2.42. The third-order valence-electron chi connectivity index (χ3n) is 14.3. The molecule has 0 atom stereocenters. The van der Waals surface area contributed by atoms with E-state index in [-0.39, 0.29) is 0 Å². The number of pyridine rings is 9. The molecule has 0 unspecified atom stereocenters. The van der Waals surface area contributed by atoms with E-state index in [2.05, 4.69) is 0 Å². The largest absolute Gasteiger partial charge is 0.929 e. The summed E-state index contributed by atoms with van der Waals surface area (Å²) < 4.78 is 21.9. The smallest absolute Gasteiger partial charge is 0.379 e. The molecule has 12 aromatic rings. The standard InChI is InChI=1S/C63H54BN15O3/c1-37-19-10-28-65-49(37)46-58(52-40(4)22-13-31-68-52)74-77(61(46)55-43(7)25-16-34-71-55)80-64(81-78-62(56-44(8)26-17-35-72-56)47(50-38(2)20-11-29-66-50)59(75-78)53-41(5)23-14-32-69-53)82-79-63(57-45(9)27-18-36-73-57)48(51-39(3)21-12-30-67-51)60(76-79)54-42(6)24-15-33-70-54/h10-36H,1-9H3. The van der Waals surface area contributed by atoms with Crippen LogP contribution in [0, 0.1) is 62.3 Å². The van der Waals surface area contributed by atoms with Crippen LogP contribution < -0.4 is 14.3 Å². The Bertz CT molecular complexity index is 3940. The van der Waals surface area contributed by atoms with Gasteiger partial charge >= 0.3 is 7.32 Å². The molecule has 0 aliphatic heterocycles. The first-order valence-corrected chi connectivity index (χ1v) is 26.6. The lowest BCUT2D eigenvalue weighted by Gasteiger charge is -2.19. The van der Waals surface area contributed by atoms with Crippen LogP contribution in [0.4, 0.5) is 0 Å². The van der Waals surface area contributed by atoms with E-state index in [1.165, 1.54) is 14.5 Å². The number of aromatic nitrogens is 15. The van der Waals surface area contributed by atoms with Crippen LogP contribution in [-0.2, 0) is 0 Å². The molecule has 0 amide bonds. The molecule has 0 saturated carbocycles. The molecule has 19 heteroatoms. The summed E-state index contributed by atoms with van der Waals surface area (Å²) in [6.45, 7) is 17.9. The Labute approximate surface area is 473 Å². The van der Waals surface area contributed by atoms with Gasteiger partial charge in [0.05, 0.1) is 67.9 Å². The highest BCUT2D eigenvalue weighted by atomic mass is 16.9. The van der Waals surface area contributed by atoms with Crippen LogP contribution in [0.25, 0.3) is 102 Å². The van der Waals surface area contributed by atoms with Crippen molar-refractivity contribution in [2.45, 2.75) is 62.3 Å². The summed E-state index contributed by atoms with van der Waals surface area (Å²) in [7, 11) is -1.87. The van der Waals surface area contributed by atoms with Crippen LogP contribution in [0.15, 0.2) is 165 Å². The van der Waals surface area contributed by atoms with E-state index in [0.717, 1.165) is 50.1 Å². The molecule has 0 aliphatic carbocycles. The SMILES string of the molecule is Cc1cccnc1-c1nn(OB(On2nc(-c3ncccc3C)c(-c3ncccc3C)c2-c2ncccc2C)On2nc(-c3ncccc3C)c(-c3ncccc3C)c2-c2ncccc2C)c(-c2ncccc2C)c1-c1ncccc1C. The molecule has 0 radical (unpaired) electrons. The maximum absolute atomic E-state index is 7.31. The fourth-order valence-electron chi connectivity index (χ4n) is 10.2. The van der Waals surface area contributed by atoms with Crippen molar-refractivity contribution in [2.75, 3.05) is 0 Å². The van der Waals surface area contributed by atoms with Gasteiger partial charge in [0.25, 0.3) is 0 Å². The summed E-state index contributed by atoms with van der Waals surface area (Å²) in [6.07, 6.45) is 15.6. The second kappa shape index (κ2) is 21.9. The lowest BCUT2D eigenvalue weighted by atomic mass is 9.98. The summed E-state index contributed by atoms with van der Waals surface area (Å²) in [5, 5.41) is 16.0. The van der Waals surface area contributed by atoms with Crippen molar-refractivity contribution in [3.63, 3.8) is 0 Å². The second-order valence-corrected chi connectivity index (χ2v) is 20.0. The zero-order chi connectivity index (χ0) is 56.6. The molecular formula is C63H54BN15O3. The Hall–Kier alpha value is -10.6. The van der Waals surface area contributed by atoms with Crippen LogP contribution in [-0.4, -0.2) is 82.0 Å². The topological polar surface area (TPSA) is 197 Å². The lowest BCUT2D eigenvalue weighted by Crippen LogP contribution is -2.50. The summed E-state index contributed by atoms with van der Waals surface area (Å²) >= 11 is 0. The van der Waals surface area contributed by atoms with Gasteiger partial charge in [-0.25, -0.2) is 0 Å². The molecule has 12 rings (SSSR count). The minimum Gasteiger partial charge on any atom is -0.379 e. The van der Waals surface area contributed by atoms with Gasteiger partial charge in [0.15, 0.2) is 0 Å². The van der Waals surface area contributed by atoms with E-state index in [9.17, 15) is 0 Å². The van der Waals surface area contributed by atoms with Gasteiger partial charge in [0.1, 0.15) is 34.2 Å². The quantitative estimate of drug-likeness (QED) is 0.0878. The van der Waals surface area contributed by atoms with Crippen LogP contribution in [0.5, 0.6) is 0 Å². The maximum Gasteiger partial charge on any atom is 0.929 e. The van der Waals surface area contributed by atoms with E-state index >= 15 is 0 Å². The van der Waals surface area contributed by atoms with Crippen molar-refractivity contribution < 1.29 is 14.3 Å². The lowest BCUT2D eigenvalue weighted by molar-refractivity contribution is 0.0443. The Kier molecular flexibility index (Phi) is 14.0. The summed E-state index contributed by atoms with van der Waals surface area (Å²) in [5.74, 6) is 0. The molecular weight excluding hydrogens is 1030 g/mol. The Morgan fingerprint density at radius 2 is 0.427 bits per heavy atom. The zero-order valence-electron chi connectivity index (χ0n) is 46.6. The maximum atomic E-state index is 7.31. The van der Waals surface area contributed by atoms with Crippen molar-refractivity contribution in [1.29, 1.82) is 0 Å². The molecule has 0 fully saturated rings. The van der Waals surface area contributed by atoms with Crippen molar-refractivity contribution in [3.05, 3.63) is 215 Å². The molecule has 0 aromatic carbocycles. The molecule has 0 N–H and O–H groups in total. The molecule has 0 saturated heterocycles. The van der Waals surface area contributed by atoms with Gasteiger partial charge in [0.2, 0.25) is 0 Å². The average Bonchev–Trinajstić information content (AvgIpc) is 4.25. The van der Waals surface area contributed by atoms with Crippen LogP contribution in [0.3, 0.4) is 0 Å². The van der Waals surface area contributed by atoms with Crippen LogP contribution in [0.2, 0.25) is 0 Å². The number of nitrogens with zero attached hydrogens (tertiary/aromatic N) is 15. The second-order valence-electron chi connectivity index (χ2n) is 20.0. The van der Waals surface area contributed by atoms with Crippen LogP contribution >= 0.6 is 0 Å². The fraction of sp³-hybridized carbons (Fsp3) is 0.143. The van der Waals surface area contributed by atoms with E-state index in [0.29, 0.717) is 102 Å². The van der Waals surface area contributed by atoms with Crippen molar-refractivity contribution >= 4 is 7.32 Å². The molecule has 18 nitrogen and oxygen atoms in total. The van der Waals surface area contributed by atoms with E-state index in [1.807, 2.05) is 172 Å². The predicted octanol–water partition coefficient (Wildman–Crippen LogP) is 11.3. The van der Waals surface area contributed by atoms with E-state index in [1.54, 1.807) is 55.8 Å². The fourth-order valence-corrected chi connectivity index (χ4v) is 10.2. The molecule has 0 bridgehead atoms. The number of rotatable bonds is 15. The van der Waals surface area contributed by atoms with Crippen molar-refractivity contribution in [2.24, 2.45) is 0 Å². The molecule has 12 aromatic heterocycles. The van der Waals surface area contributed by atoms with Gasteiger partial charge in [-0.1, -0.05) is 54.6 Å². The van der Waals surface area contributed by atoms with E-state index < -0.39 is 7.32 Å². The van der Waals surface area contributed by atoms with Gasteiger partial charge in [0, 0.05) is 55.8 Å². The molecule has 12 heterocycles. The molecule has 82 heavy (non-hydrogen) atoms. The van der Waals surface area contributed by atoms with Gasteiger partial charge in [-0.2, -0.15) is 0 Å². The molecule has 0 aliphatic rings. The van der Waals surface area contributed by atoms with Crippen molar-refractivity contribution in [1.82, 2.24) is 74.7 Å². The van der Waals surface area contributed by atoms with Gasteiger partial charge in [-0.15, -0.1) is 29.8 Å². The first-order valence-electron chi connectivity index (χ1n) is 26.6. The first-order chi connectivity index (χ1) is 39.9. The highest BCUT2D eigenvalue weighted by molar-refractivity contribution is 6.37. The number of hydrogen-bond acceptors (Lipinski definition) is 15. The summed E-state index contributed by atoms with van der Waals surface area (Å²) in [4.78, 5) is 48.9. The summed E-state index contributed by atoms with van der Waals surface area (Å²) in [6, 6.07) is 34.9. The monoisotopic (exact) mass is 1080 g/mol. The third kappa shape index (κ3) is 9.56. The Morgan fingerprint density at radius 1 is 0.244 bits per heavy atom. The Balaban J connectivity index is 1.18. The summed E-state index contributed by atoms with van der Waals surface area (Å²) in [5.41, 5.74) is 17.5. The van der Waals surface area contributed by atoms with E-state index in [4.69, 9.17) is 74.4 Å². The normalized spacial score (nSPS) is 11.2. The third-order valence-corrected chi connectivity index (χ3v) is 14.3. The average molecular weight is 1080 g/mol. The molecule has 402 valence electrons. The predicted molar refractivity (Wildman–Crippen MR) is 314 cm³/mol. The van der Waals surface area contributed by atoms with Crippen LogP contribution in [0.1, 0.15) is 50.1 Å². The first kappa shape index (κ1) is 52.2. The minimum absolute atomic E-state index is 0.434.